The lowest BCUT2D eigenvalue weighted by molar-refractivity contribution is -0.143. The molecule has 1 saturated carbocycles. The van der Waals surface area contributed by atoms with Crippen molar-refractivity contribution < 1.29 is 19.4 Å². The van der Waals surface area contributed by atoms with Crippen LogP contribution in [0, 0.1) is 11.8 Å². The Balaban J connectivity index is 2.37. The molecule has 1 unspecified atom stereocenters. The van der Waals surface area contributed by atoms with E-state index in [0.717, 1.165) is 12.8 Å². The van der Waals surface area contributed by atoms with Crippen LogP contribution in [0.1, 0.15) is 53.4 Å². The number of carbonyl (C=O) groups excluding carboxylic acids is 1. The molecule has 5 heteroatoms. The third kappa shape index (κ3) is 5.49. The van der Waals surface area contributed by atoms with Crippen LogP contribution >= 0.6 is 0 Å². The number of ether oxygens (including phenoxy) is 1. The lowest BCUT2D eigenvalue weighted by Gasteiger charge is -2.31. The minimum Gasteiger partial charge on any atom is -0.481 e. The number of alkyl carbamates (subject to hydrolysis) is 1. The number of hydrogen-bond donors (Lipinski definition) is 2. The molecule has 0 aromatic rings. The fourth-order valence-corrected chi connectivity index (χ4v) is 2.48. The Morgan fingerprint density at radius 3 is 2.16 bits per heavy atom. The topological polar surface area (TPSA) is 75.6 Å². The van der Waals surface area contributed by atoms with Crippen molar-refractivity contribution in [1.82, 2.24) is 5.32 Å². The summed E-state index contributed by atoms with van der Waals surface area (Å²) in [4.78, 5) is 22.5. The smallest absolute Gasteiger partial charge is 0.407 e. The normalized spacial score (nSPS) is 25.5. The molecule has 0 aliphatic heterocycles. The summed E-state index contributed by atoms with van der Waals surface area (Å²) >= 11 is 0. The first-order valence-electron chi connectivity index (χ1n) is 6.91. The van der Waals surface area contributed by atoms with E-state index in [0.29, 0.717) is 18.8 Å². The minimum atomic E-state index is -0.703. The van der Waals surface area contributed by atoms with E-state index in [1.54, 1.807) is 0 Å². The van der Waals surface area contributed by atoms with Gasteiger partial charge in [-0.15, -0.1) is 0 Å². The summed E-state index contributed by atoms with van der Waals surface area (Å²) in [5, 5.41) is 11.8. The van der Waals surface area contributed by atoms with Crippen molar-refractivity contribution in [2.45, 2.75) is 65.0 Å². The molecule has 1 aliphatic carbocycles. The third-order valence-corrected chi connectivity index (χ3v) is 3.57. The fraction of sp³-hybridized carbons (Fsp3) is 0.857. The van der Waals surface area contributed by atoms with Crippen LogP contribution in [0.2, 0.25) is 0 Å². The highest BCUT2D eigenvalue weighted by atomic mass is 16.6. The van der Waals surface area contributed by atoms with Crippen molar-refractivity contribution in [1.29, 1.82) is 0 Å². The van der Waals surface area contributed by atoms with Crippen molar-refractivity contribution >= 4 is 12.1 Å². The first-order chi connectivity index (χ1) is 8.69. The Morgan fingerprint density at radius 2 is 1.74 bits per heavy atom. The number of hydrogen-bond acceptors (Lipinski definition) is 3. The third-order valence-electron chi connectivity index (χ3n) is 3.57. The van der Waals surface area contributed by atoms with Gasteiger partial charge in [0.2, 0.25) is 0 Å². The lowest BCUT2D eigenvalue weighted by atomic mass is 9.79. The standard InChI is InChI=1S/C14H25NO4/c1-9(15-13(18)19-14(2,3)4)10-5-7-11(8-6-10)12(16)17/h9-11H,5-8H2,1-4H3,(H,15,18)(H,16,17)/t9?,10-,11-. The number of carbonyl (C=O) groups is 2. The van der Waals surface area contributed by atoms with Gasteiger partial charge < -0.3 is 15.2 Å². The summed E-state index contributed by atoms with van der Waals surface area (Å²) in [5.74, 6) is -0.584. The highest BCUT2D eigenvalue weighted by molar-refractivity contribution is 5.70. The fourth-order valence-electron chi connectivity index (χ4n) is 2.48. The van der Waals surface area contributed by atoms with Gasteiger partial charge in [0.15, 0.2) is 0 Å². The molecule has 1 fully saturated rings. The molecule has 0 heterocycles. The van der Waals surface area contributed by atoms with Gasteiger partial charge in [-0.2, -0.15) is 0 Å². The largest absolute Gasteiger partial charge is 0.481 e. The van der Waals surface area contributed by atoms with Gasteiger partial charge in [-0.05, 0) is 59.3 Å². The van der Waals surface area contributed by atoms with Gasteiger partial charge in [-0.3, -0.25) is 4.79 Å². The minimum absolute atomic E-state index is 0.0181. The van der Waals surface area contributed by atoms with Crippen LogP contribution in [-0.4, -0.2) is 28.8 Å². The van der Waals surface area contributed by atoms with Gasteiger partial charge in [0.25, 0.3) is 0 Å². The molecule has 1 atom stereocenters. The van der Waals surface area contributed by atoms with Crippen LogP contribution in [0.4, 0.5) is 4.79 Å². The predicted molar refractivity (Wildman–Crippen MR) is 71.9 cm³/mol. The Labute approximate surface area is 114 Å². The molecule has 1 aliphatic rings. The highest BCUT2D eigenvalue weighted by Gasteiger charge is 2.30. The predicted octanol–water partition coefficient (Wildman–Crippen LogP) is 2.79. The summed E-state index contributed by atoms with van der Waals surface area (Å²) in [6.07, 6.45) is 2.67. The van der Waals surface area contributed by atoms with Crippen LogP contribution in [-0.2, 0) is 9.53 Å². The monoisotopic (exact) mass is 271 g/mol. The first-order valence-corrected chi connectivity index (χ1v) is 6.91. The number of nitrogens with one attached hydrogen (secondary N) is 1. The van der Waals surface area contributed by atoms with Crippen LogP contribution in [0.25, 0.3) is 0 Å². The summed E-state index contributed by atoms with van der Waals surface area (Å²) < 4.78 is 5.21. The van der Waals surface area contributed by atoms with Crippen molar-refractivity contribution in [3.05, 3.63) is 0 Å². The Kier molecular flexibility index (Phi) is 5.20. The molecule has 0 spiro atoms. The molecule has 1 amide bonds. The zero-order valence-corrected chi connectivity index (χ0v) is 12.2. The van der Waals surface area contributed by atoms with Crippen molar-refractivity contribution in [3.8, 4) is 0 Å². The quantitative estimate of drug-likeness (QED) is 0.827. The second kappa shape index (κ2) is 6.26. The van der Waals surface area contributed by atoms with Gasteiger partial charge >= 0.3 is 12.1 Å². The lowest BCUT2D eigenvalue weighted by Crippen LogP contribution is -2.42. The van der Waals surface area contributed by atoms with Crippen LogP contribution < -0.4 is 5.32 Å². The Hall–Kier alpha value is -1.26. The average molecular weight is 271 g/mol. The molecule has 19 heavy (non-hydrogen) atoms. The molecule has 0 bridgehead atoms. The molecule has 1 rings (SSSR count). The van der Waals surface area contributed by atoms with Gasteiger partial charge in [0.05, 0.1) is 5.92 Å². The van der Waals surface area contributed by atoms with E-state index in [-0.39, 0.29) is 12.0 Å². The van der Waals surface area contributed by atoms with Crippen molar-refractivity contribution in [2.24, 2.45) is 11.8 Å². The van der Waals surface area contributed by atoms with Gasteiger partial charge in [0.1, 0.15) is 5.60 Å². The molecule has 0 radical (unpaired) electrons. The van der Waals surface area contributed by atoms with Crippen LogP contribution in [0.5, 0.6) is 0 Å². The van der Waals surface area contributed by atoms with Gasteiger partial charge in [-0.25, -0.2) is 4.79 Å². The summed E-state index contributed by atoms with van der Waals surface area (Å²) in [7, 11) is 0. The molecule has 0 saturated heterocycles. The molecule has 0 aromatic carbocycles. The SMILES string of the molecule is CC(NC(=O)OC(C)(C)C)[C@H]1CC[C@H](C(=O)O)CC1. The van der Waals surface area contributed by atoms with E-state index in [4.69, 9.17) is 9.84 Å². The number of rotatable bonds is 3. The van der Waals surface area contributed by atoms with E-state index in [2.05, 4.69) is 5.32 Å². The molecule has 5 nitrogen and oxygen atoms in total. The molecule has 0 aromatic heterocycles. The number of carboxylic acid groups (broad SMARTS) is 1. The number of aliphatic carboxylic acids is 1. The highest BCUT2D eigenvalue weighted by Crippen LogP contribution is 2.31. The zero-order chi connectivity index (χ0) is 14.6. The molecule has 2 N–H and O–H groups in total. The van der Waals surface area contributed by atoms with Crippen molar-refractivity contribution in [3.63, 3.8) is 0 Å². The maximum Gasteiger partial charge on any atom is 0.407 e. The van der Waals surface area contributed by atoms with Gasteiger partial charge in [-0.1, -0.05) is 0 Å². The second-order valence-electron chi connectivity index (χ2n) is 6.38. The van der Waals surface area contributed by atoms with E-state index in [1.165, 1.54) is 0 Å². The first kappa shape index (κ1) is 15.8. The van der Waals surface area contributed by atoms with E-state index < -0.39 is 17.7 Å². The van der Waals surface area contributed by atoms with Crippen LogP contribution in [0.15, 0.2) is 0 Å². The van der Waals surface area contributed by atoms with Crippen molar-refractivity contribution in [2.75, 3.05) is 0 Å². The summed E-state index contributed by atoms with van der Waals surface area (Å²) in [6.45, 7) is 7.44. The molecular weight excluding hydrogens is 246 g/mol. The number of carboxylic acids is 1. The Bertz CT molecular complexity index is 327. The van der Waals surface area contributed by atoms with E-state index >= 15 is 0 Å². The molecule has 110 valence electrons. The average Bonchev–Trinajstić information content (AvgIpc) is 2.26. The van der Waals surface area contributed by atoms with E-state index in [9.17, 15) is 9.59 Å². The number of amides is 1. The molecular formula is C14H25NO4. The van der Waals surface area contributed by atoms with Crippen LogP contribution in [0.3, 0.4) is 0 Å². The zero-order valence-electron chi connectivity index (χ0n) is 12.2. The summed E-state index contributed by atoms with van der Waals surface area (Å²) in [5.41, 5.74) is -0.495. The maximum absolute atomic E-state index is 11.7. The second-order valence-corrected chi connectivity index (χ2v) is 6.38. The summed E-state index contributed by atoms with van der Waals surface area (Å²) in [6, 6.07) is 0.0181. The maximum atomic E-state index is 11.7. The van der Waals surface area contributed by atoms with Gasteiger partial charge in [0, 0.05) is 6.04 Å². The van der Waals surface area contributed by atoms with E-state index in [1.807, 2.05) is 27.7 Å². The Morgan fingerprint density at radius 1 is 1.21 bits per heavy atom.